The first kappa shape index (κ1) is 15.0. The first-order valence-electron chi connectivity index (χ1n) is 7.67. The lowest BCUT2D eigenvalue weighted by molar-refractivity contribution is -0.0265. The van der Waals surface area contributed by atoms with E-state index in [0.717, 1.165) is 24.4 Å². The topological polar surface area (TPSA) is 39.4 Å². The molecule has 0 amide bonds. The molecule has 2 bridgehead atoms. The van der Waals surface area contributed by atoms with Crippen molar-refractivity contribution in [2.45, 2.75) is 51.9 Å². The molecule has 2 aliphatic carbocycles. The largest absolute Gasteiger partial charge is 0.456 e. The summed E-state index contributed by atoms with van der Waals surface area (Å²) in [6.45, 7) is 6.92. The molecule has 116 valence electrons. The first-order valence-corrected chi connectivity index (χ1v) is 9.06. The first-order chi connectivity index (χ1) is 9.88. The summed E-state index contributed by atoms with van der Waals surface area (Å²) in [7, 11) is 0. The van der Waals surface area contributed by atoms with E-state index in [0.29, 0.717) is 11.7 Å². The maximum absolute atomic E-state index is 12.3. The summed E-state index contributed by atoms with van der Waals surface area (Å²) in [5.41, 5.74) is 0.354. The Kier molecular flexibility index (Phi) is 3.63. The summed E-state index contributed by atoms with van der Waals surface area (Å²) in [5.74, 6) is 2.31. The van der Waals surface area contributed by atoms with Crippen LogP contribution < -0.4 is 0 Å². The molecule has 1 heterocycles. The van der Waals surface area contributed by atoms with E-state index in [1.807, 2.05) is 12.3 Å². The fourth-order valence-corrected chi connectivity index (χ4v) is 4.64. The van der Waals surface area contributed by atoms with Gasteiger partial charge in [0.15, 0.2) is 0 Å². The zero-order valence-electron chi connectivity index (χ0n) is 13.3. The van der Waals surface area contributed by atoms with Crippen LogP contribution >= 0.6 is 11.8 Å². The van der Waals surface area contributed by atoms with Crippen LogP contribution in [0.1, 0.15) is 56.3 Å². The van der Waals surface area contributed by atoms with Crippen molar-refractivity contribution in [3.05, 3.63) is 23.7 Å². The van der Waals surface area contributed by atoms with E-state index in [1.165, 1.54) is 6.42 Å². The monoisotopic (exact) mass is 308 g/mol. The van der Waals surface area contributed by atoms with Crippen LogP contribution in [0.4, 0.5) is 0 Å². The van der Waals surface area contributed by atoms with Crippen molar-refractivity contribution < 1.29 is 13.9 Å². The zero-order chi connectivity index (χ0) is 15.3. The molecule has 3 unspecified atom stereocenters. The van der Waals surface area contributed by atoms with Gasteiger partial charge in [-0.1, -0.05) is 20.8 Å². The number of furan rings is 1. The van der Waals surface area contributed by atoms with Crippen molar-refractivity contribution in [2.24, 2.45) is 16.7 Å². The van der Waals surface area contributed by atoms with Gasteiger partial charge in [-0.2, -0.15) is 11.8 Å². The van der Waals surface area contributed by atoms with Crippen molar-refractivity contribution in [2.75, 3.05) is 6.26 Å². The van der Waals surface area contributed by atoms with Crippen molar-refractivity contribution in [1.82, 2.24) is 0 Å². The number of fused-ring (bicyclic) bond motifs is 2. The minimum absolute atomic E-state index is 0.0212. The second kappa shape index (κ2) is 5.08. The van der Waals surface area contributed by atoms with Crippen LogP contribution in [0.5, 0.6) is 0 Å². The zero-order valence-corrected chi connectivity index (χ0v) is 14.1. The van der Waals surface area contributed by atoms with Gasteiger partial charge in [0.05, 0.1) is 5.75 Å². The van der Waals surface area contributed by atoms with Gasteiger partial charge in [-0.05, 0) is 49.0 Å². The lowest BCUT2D eigenvalue weighted by Gasteiger charge is -2.38. The molecular weight excluding hydrogens is 284 g/mol. The Morgan fingerprint density at radius 1 is 1.43 bits per heavy atom. The Labute approximate surface area is 130 Å². The van der Waals surface area contributed by atoms with Crippen LogP contribution in [0.3, 0.4) is 0 Å². The normalized spacial score (nSPS) is 33.3. The molecule has 2 aliphatic rings. The SMILES string of the molecule is CSCc1ccc(C(=O)OC2CC3CCC2(C)C3(C)C)o1. The number of carbonyl (C=O) groups excluding carboxylic acids is 1. The van der Waals surface area contributed by atoms with Crippen molar-refractivity contribution in [3.63, 3.8) is 0 Å². The minimum atomic E-state index is -0.308. The summed E-state index contributed by atoms with van der Waals surface area (Å²) >= 11 is 1.68. The Morgan fingerprint density at radius 2 is 2.19 bits per heavy atom. The van der Waals surface area contributed by atoms with E-state index >= 15 is 0 Å². The van der Waals surface area contributed by atoms with E-state index in [4.69, 9.17) is 9.15 Å². The highest BCUT2D eigenvalue weighted by molar-refractivity contribution is 7.97. The van der Waals surface area contributed by atoms with E-state index in [9.17, 15) is 4.79 Å². The Hall–Kier alpha value is -0.900. The van der Waals surface area contributed by atoms with Crippen molar-refractivity contribution in [1.29, 1.82) is 0 Å². The maximum atomic E-state index is 12.3. The maximum Gasteiger partial charge on any atom is 0.374 e. The molecule has 0 aliphatic heterocycles. The average molecular weight is 308 g/mol. The van der Waals surface area contributed by atoms with Gasteiger partial charge in [0.1, 0.15) is 11.9 Å². The summed E-state index contributed by atoms with van der Waals surface area (Å²) in [4.78, 5) is 12.3. The van der Waals surface area contributed by atoms with Crippen LogP contribution in [-0.4, -0.2) is 18.3 Å². The number of carbonyl (C=O) groups is 1. The molecular formula is C17H24O3S. The molecule has 0 N–H and O–H groups in total. The van der Waals surface area contributed by atoms with Crippen LogP contribution in [0.2, 0.25) is 0 Å². The van der Waals surface area contributed by atoms with E-state index < -0.39 is 0 Å². The highest BCUT2D eigenvalue weighted by Gasteiger charge is 2.62. The highest BCUT2D eigenvalue weighted by Crippen LogP contribution is 2.66. The summed E-state index contributed by atoms with van der Waals surface area (Å²) in [6, 6.07) is 3.59. The quantitative estimate of drug-likeness (QED) is 0.767. The van der Waals surface area contributed by atoms with Gasteiger partial charge in [-0.25, -0.2) is 4.79 Å². The molecule has 0 aromatic carbocycles. The molecule has 3 nitrogen and oxygen atoms in total. The number of hydrogen-bond donors (Lipinski definition) is 0. The van der Waals surface area contributed by atoms with E-state index in [2.05, 4.69) is 20.8 Å². The summed E-state index contributed by atoms with van der Waals surface area (Å²) < 4.78 is 11.4. The predicted octanol–water partition coefficient (Wildman–Crippen LogP) is 4.51. The van der Waals surface area contributed by atoms with Gasteiger partial charge in [0, 0.05) is 5.41 Å². The Bertz CT molecular complexity index is 548. The smallest absolute Gasteiger partial charge is 0.374 e. The molecule has 21 heavy (non-hydrogen) atoms. The molecule has 1 aromatic heterocycles. The van der Waals surface area contributed by atoms with E-state index in [-0.39, 0.29) is 22.9 Å². The molecule has 4 heteroatoms. The Balaban J connectivity index is 1.71. The summed E-state index contributed by atoms with van der Waals surface area (Å²) in [6.07, 6.45) is 5.44. The molecule has 1 aromatic rings. The predicted molar refractivity (Wildman–Crippen MR) is 84.4 cm³/mol. The second-order valence-corrected chi connectivity index (χ2v) is 8.07. The lowest BCUT2D eigenvalue weighted by Crippen LogP contribution is -2.38. The van der Waals surface area contributed by atoms with Crippen molar-refractivity contribution >= 4 is 17.7 Å². The molecule has 0 saturated heterocycles. The van der Waals surface area contributed by atoms with Crippen LogP contribution in [0.25, 0.3) is 0 Å². The number of ether oxygens (including phenoxy) is 1. The van der Waals surface area contributed by atoms with Gasteiger partial charge < -0.3 is 9.15 Å². The van der Waals surface area contributed by atoms with Crippen LogP contribution in [0, 0.1) is 16.7 Å². The van der Waals surface area contributed by atoms with Gasteiger partial charge in [0.25, 0.3) is 0 Å². The van der Waals surface area contributed by atoms with Gasteiger partial charge in [-0.3, -0.25) is 0 Å². The average Bonchev–Trinajstić information content (AvgIpc) is 3.02. The van der Waals surface area contributed by atoms with Crippen LogP contribution in [0.15, 0.2) is 16.5 Å². The highest BCUT2D eigenvalue weighted by atomic mass is 32.2. The fourth-order valence-electron chi connectivity index (χ4n) is 4.20. The molecule has 3 atom stereocenters. The molecule has 0 spiro atoms. The van der Waals surface area contributed by atoms with Crippen LogP contribution in [-0.2, 0) is 10.5 Å². The van der Waals surface area contributed by atoms with Gasteiger partial charge >= 0.3 is 5.97 Å². The van der Waals surface area contributed by atoms with Crippen molar-refractivity contribution in [3.8, 4) is 0 Å². The molecule has 3 rings (SSSR count). The minimum Gasteiger partial charge on any atom is -0.456 e. The third-order valence-electron chi connectivity index (χ3n) is 6.11. The fraction of sp³-hybridized carbons (Fsp3) is 0.706. The molecule has 2 saturated carbocycles. The van der Waals surface area contributed by atoms with Gasteiger partial charge in [0.2, 0.25) is 5.76 Å². The number of rotatable bonds is 4. The van der Waals surface area contributed by atoms with Gasteiger partial charge in [-0.15, -0.1) is 0 Å². The third-order valence-corrected chi connectivity index (χ3v) is 6.69. The molecule has 0 radical (unpaired) electrons. The second-order valence-electron chi connectivity index (χ2n) is 7.20. The summed E-state index contributed by atoms with van der Waals surface area (Å²) in [5, 5.41) is 0. The number of esters is 1. The lowest BCUT2D eigenvalue weighted by atomic mass is 9.70. The number of thioether (sulfide) groups is 1. The Morgan fingerprint density at radius 3 is 2.76 bits per heavy atom. The standard InChI is InChI=1S/C17H24O3S/c1-16(2)11-7-8-17(16,3)14(9-11)20-15(18)13-6-5-12(19-13)10-21-4/h5-6,11,14H,7-10H2,1-4H3. The number of hydrogen-bond acceptors (Lipinski definition) is 4. The third kappa shape index (κ3) is 2.23. The van der Waals surface area contributed by atoms with E-state index in [1.54, 1.807) is 17.8 Å². The molecule has 2 fully saturated rings.